The number of hydrogen-bond donors (Lipinski definition) is 1. The molecule has 0 saturated heterocycles. The van der Waals surface area contributed by atoms with Gasteiger partial charge in [0.1, 0.15) is 17.3 Å². The van der Waals surface area contributed by atoms with Crippen LogP contribution in [0.25, 0.3) is 10.9 Å². The topological polar surface area (TPSA) is 121 Å². The number of carbonyl (C=O) groups excluding carboxylic acids is 1. The molecule has 1 aromatic carbocycles. The number of fused-ring (bicyclic) bond motifs is 3. The lowest BCUT2D eigenvalue weighted by Gasteiger charge is -2.22. The number of amides is 1. The number of nitrogens with two attached hydrogens (primary N) is 1. The molecule has 37 heavy (non-hydrogen) atoms. The maximum absolute atomic E-state index is 13.9. The van der Waals surface area contributed by atoms with Gasteiger partial charge in [0.15, 0.2) is 0 Å². The van der Waals surface area contributed by atoms with E-state index in [1.165, 1.54) is 0 Å². The van der Waals surface area contributed by atoms with Crippen LogP contribution in [0.15, 0.2) is 36.8 Å². The Bertz CT molecular complexity index is 1520. The van der Waals surface area contributed by atoms with Gasteiger partial charge in [0.25, 0.3) is 11.8 Å². The second-order valence-corrected chi connectivity index (χ2v) is 10.0. The molecule has 1 amide bonds. The summed E-state index contributed by atoms with van der Waals surface area (Å²) in [6, 6.07) is 6.38. The molecule has 0 radical (unpaired) electrons. The van der Waals surface area contributed by atoms with E-state index in [2.05, 4.69) is 20.1 Å². The third-order valence-electron chi connectivity index (χ3n) is 7.33. The van der Waals surface area contributed by atoms with E-state index in [1.807, 2.05) is 29.1 Å². The maximum Gasteiger partial charge on any atom is 0.261 e. The van der Waals surface area contributed by atoms with Crippen molar-refractivity contribution in [1.29, 1.82) is 0 Å². The molecule has 4 aromatic rings. The Labute approximate surface area is 213 Å². The minimum Gasteiger partial charge on any atom is -0.478 e. The van der Waals surface area contributed by atoms with E-state index in [-0.39, 0.29) is 5.91 Å². The van der Waals surface area contributed by atoms with Crippen LogP contribution < -0.4 is 15.4 Å². The zero-order valence-corrected chi connectivity index (χ0v) is 20.6. The van der Waals surface area contributed by atoms with Crippen molar-refractivity contribution in [3.63, 3.8) is 0 Å². The van der Waals surface area contributed by atoms with Gasteiger partial charge in [-0.05, 0) is 42.9 Å². The van der Waals surface area contributed by atoms with E-state index < -0.39 is 0 Å². The molecule has 2 fully saturated rings. The van der Waals surface area contributed by atoms with Crippen molar-refractivity contribution < 1.29 is 14.3 Å². The molecule has 1 aliphatic heterocycles. The van der Waals surface area contributed by atoms with Crippen LogP contribution in [0.3, 0.4) is 0 Å². The largest absolute Gasteiger partial charge is 0.478 e. The third kappa shape index (κ3) is 3.97. The summed E-state index contributed by atoms with van der Waals surface area (Å²) < 4.78 is 13.1. The predicted octanol–water partition coefficient (Wildman–Crippen LogP) is 3.90. The molecule has 2 N–H and O–H groups in total. The van der Waals surface area contributed by atoms with E-state index in [4.69, 9.17) is 15.2 Å². The molecule has 4 heterocycles. The van der Waals surface area contributed by atoms with Crippen LogP contribution in [0.5, 0.6) is 5.88 Å². The first kappa shape index (κ1) is 22.2. The lowest BCUT2D eigenvalue weighted by Crippen LogP contribution is -2.31. The SMILES string of the molecule is COc1nn(C2CC2)cc1N(Cc1ccc2c3c(c(N)nc2c1)COC3)C(=O)c1cnc(C2CC2)nc1. The molecule has 0 atom stereocenters. The lowest BCUT2D eigenvalue weighted by atomic mass is 10.0. The molecule has 2 aliphatic carbocycles. The Hall–Kier alpha value is -4.05. The summed E-state index contributed by atoms with van der Waals surface area (Å²) in [5.74, 6) is 1.91. The highest BCUT2D eigenvalue weighted by atomic mass is 16.5. The monoisotopic (exact) mass is 497 g/mol. The van der Waals surface area contributed by atoms with Crippen LogP contribution in [0, 0.1) is 0 Å². The number of ether oxygens (including phenoxy) is 2. The van der Waals surface area contributed by atoms with E-state index in [9.17, 15) is 4.79 Å². The van der Waals surface area contributed by atoms with Crippen molar-refractivity contribution >= 4 is 28.3 Å². The number of anilines is 2. The first-order valence-electron chi connectivity index (χ1n) is 12.6. The Morgan fingerprint density at radius 1 is 1.16 bits per heavy atom. The number of pyridine rings is 1. The normalized spacial score (nSPS) is 16.7. The Balaban J connectivity index is 1.27. The van der Waals surface area contributed by atoms with Crippen LogP contribution in [-0.2, 0) is 24.5 Å². The van der Waals surface area contributed by atoms with Gasteiger partial charge >= 0.3 is 0 Å². The number of rotatable bonds is 7. The van der Waals surface area contributed by atoms with Crippen molar-refractivity contribution in [2.24, 2.45) is 0 Å². The van der Waals surface area contributed by atoms with Crippen LogP contribution in [-0.4, -0.2) is 37.7 Å². The third-order valence-corrected chi connectivity index (χ3v) is 7.33. The zero-order chi connectivity index (χ0) is 25.1. The quantitative estimate of drug-likeness (QED) is 0.408. The number of benzene rings is 1. The molecule has 7 rings (SSSR count). The summed E-state index contributed by atoms with van der Waals surface area (Å²) >= 11 is 0. The molecule has 3 aromatic heterocycles. The standard InChI is InChI=1S/C27H27N7O3/c1-36-26-23(12-34(32-26)18-5-6-18)33(27(35)17-9-29-25(30-10-17)16-3-4-16)11-15-2-7-19-20-13-37-14-21(20)24(28)31-22(19)8-15/h2,7-10,12,16,18H,3-6,11,13-14H2,1H3,(H2,28,31). The Morgan fingerprint density at radius 2 is 1.95 bits per heavy atom. The molecular formula is C27H27N7O3. The average molecular weight is 498 g/mol. The molecule has 0 unspecified atom stereocenters. The van der Waals surface area contributed by atoms with E-state index in [1.54, 1.807) is 24.4 Å². The molecule has 2 saturated carbocycles. The predicted molar refractivity (Wildman–Crippen MR) is 136 cm³/mol. The smallest absolute Gasteiger partial charge is 0.261 e. The van der Waals surface area contributed by atoms with E-state index >= 15 is 0 Å². The summed E-state index contributed by atoms with van der Waals surface area (Å²) in [5.41, 5.74) is 11.0. The van der Waals surface area contributed by atoms with Crippen LogP contribution in [0.4, 0.5) is 11.5 Å². The highest BCUT2D eigenvalue weighted by Gasteiger charge is 2.31. The number of carbonyl (C=O) groups is 1. The molecule has 0 bridgehead atoms. The summed E-state index contributed by atoms with van der Waals surface area (Å²) in [5, 5.41) is 5.62. The molecule has 0 spiro atoms. The molecular weight excluding hydrogens is 470 g/mol. The lowest BCUT2D eigenvalue weighted by molar-refractivity contribution is 0.0983. The van der Waals surface area contributed by atoms with Gasteiger partial charge in [-0.1, -0.05) is 12.1 Å². The van der Waals surface area contributed by atoms with Gasteiger partial charge in [-0.3, -0.25) is 14.4 Å². The zero-order valence-electron chi connectivity index (χ0n) is 20.6. The van der Waals surface area contributed by atoms with Gasteiger partial charge in [-0.25, -0.2) is 15.0 Å². The Morgan fingerprint density at radius 3 is 2.68 bits per heavy atom. The van der Waals surface area contributed by atoms with Crippen molar-refractivity contribution in [2.45, 2.75) is 57.4 Å². The van der Waals surface area contributed by atoms with Crippen molar-refractivity contribution in [1.82, 2.24) is 24.7 Å². The van der Waals surface area contributed by atoms with E-state index in [0.717, 1.165) is 59.1 Å². The second kappa shape index (κ2) is 8.52. The number of nitrogens with zero attached hydrogens (tertiary/aromatic N) is 6. The number of hydrogen-bond acceptors (Lipinski definition) is 8. The van der Waals surface area contributed by atoms with Crippen LogP contribution in [0.2, 0.25) is 0 Å². The summed E-state index contributed by atoms with van der Waals surface area (Å²) in [4.78, 5) is 29.1. The van der Waals surface area contributed by atoms with Gasteiger partial charge < -0.3 is 15.2 Å². The van der Waals surface area contributed by atoms with Crippen LogP contribution in [0.1, 0.15) is 70.5 Å². The summed E-state index contributed by atoms with van der Waals surface area (Å²) in [6.07, 6.45) is 9.50. The first-order valence-corrected chi connectivity index (χ1v) is 12.6. The summed E-state index contributed by atoms with van der Waals surface area (Å²) in [7, 11) is 1.57. The summed E-state index contributed by atoms with van der Waals surface area (Å²) in [6.45, 7) is 1.30. The first-order chi connectivity index (χ1) is 18.1. The van der Waals surface area contributed by atoms with Gasteiger partial charge in [0.05, 0.1) is 50.2 Å². The van der Waals surface area contributed by atoms with Gasteiger partial charge in [-0.2, -0.15) is 0 Å². The molecule has 10 nitrogen and oxygen atoms in total. The molecule has 10 heteroatoms. The van der Waals surface area contributed by atoms with Crippen LogP contribution >= 0.6 is 0 Å². The highest BCUT2D eigenvalue weighted by molar-refractivity contribution is 6.06. The van der Waals surface area contributed by atoms with Crippen molar-refractivity contribution in [2.75, 3.05) is 17.7 Å². The number of methoxy groups -OCH3 is 1. The Kier molecular flexibility index (Phi) is 5.10. The van der Waals surface area contributed by atoms with Crippen molar-refractivity contribution in [3.05, 3.63) is 64.9 Å². The second-order valence-electron chi connectivity index (χ2n) is 10.0. The molecule has 188 valence electrons. The number of nitrogen functional groups attached to an aromatic ring is 1. The fourth-order valence-corrected chi connectivity index (χ4v) is 4.95. The van der Waals surface area contributed by atoms with Gasteiger partial charge in [0.2, 0.25) is 0 Å². The van der Waals surface area contributed by atoms with E-state index in [0.29, 0.717) is 54.7 Å². The van der Waals surface area contributed by atoms with Gasteiger partial charge in [-0.15, -0.1) is 5.10 Å². The maximum atomic E-state index is 13.9. The van der Waals surface area contributed by atoms with Crippen molar-refractivity contribution in [3.8, 4) is 5.88 Å². The minimum atomic E-state index is -0.217. The minimum absolute atomic E-state index is 0.217. The average Bonchev–Trinajstić information content (AvgIpc) is 3.85. The highest BCUT2D eigenvalue weighted by Crippen LogP contribution is 2.40. The molecule has 3 aliphatic rings. The fraction of sp³-hybridized carbons (Fsp3) is 0.370. The fourth-order valence-electron chi connectivity index (χ4n) is 4.95. The number of aromatic nitrogens is 5. The van der Waals surface area contributed by atoms with Gasteiger partial charge in [0, 0.05) is 29.3 Å².